The Morgan fingerprint density at radius 1 is 1.03 bits per heavy atom. The van der Waals surface area contributed by atoms with Gasteiger partial charge in [-0.25, -0.2) is 4.79 Å². The molecular formula is C22H20N2O5. The molecule has 0 unspecified atom stereocenters. The van der Waals surface area contributed by atoms with E-state index in [4.69, 9.17) is 14.2 Å². The summed E-state index contributed by atoms with van der Waals surface area (Å²) in [5.74, 6) is -0.0447. The van der Waals surface area contributed by atoms with Crippen molar-refractivity contribution in [1.82, 2.24) is 4.98 Å². The molecule has 0 fully saturated rings. The lowest BCUT2D eigenvalue weighted by Crippen LogP contribution is -2.20. The monoisotopic (exact) mass is 392 g/mol. The highest BCUT2D eigenvalue weighted by molar-refractivity contribution is 5.96. The first kappa shape index (κ1) is 19.9. The average Bonchev–Trinajstić information content (AvgIpc) is 2.75. The molecule has 3 aromatic rings. The molecule has 0 aliphatic carbocycles. The topological polar surface area (TPSA) is 86.8 Å². The van der Waals surface area contributed by atoms with Crippen LogP contribution >= 0.6 is 0 Å². The van der Waals surface area contributed by atoms with E-state index in [1.165, 1.54) is 20.3 Å². The second-order valence-electron chi connectivity index (χ2n) is 6.01. The van der Waals surface area contributed by atoms with Crippen molar-refractivity contribution in [1.29, 1.82) is 0 Å². The highest BCUT2D eigenvalue weighted by Crippen LogP contribution is 2.25. The first-order chi connectivity index (χ1) is 14.1. The van der Waals surface area contributed by atoms with Gasteiger partial charge in [0.1, 0.15) is 11.5 Å². The maximum absolute atomic E-state index is 12.1. The molecule has 7 nitrogen and oxygen atoms in total. The van der Waals surface area contributed by atoms with Gasteiger partial charge in [0, 0.05) is 47.1 Å². The highest BCUT2D eigenvalue weighted by atomic mass is 16.5. The lowest BCUT2D eigenvalue weighted by Gasteiger charge is -2.09. The number of anilines is 1. The summed E-state index contributed by atoms with van der Waals surface area (Å²) in [5, 5.41) is 3.60. The second-order valence-corrected chi connectivity index (χ2v) is 6.01. The number of carbonyl (C=O) groups is 2. The molecule has 29 heavy (non-hydrogen) atoms. The van der Waals surface area contributed by atoms with Gasteiger partial charge >= 0.3 is 5.97 Å². The molecule has 148 valence electrons. The van der Waals surface area contributed by atoms with Crippen LogP contribution in [0.5, 0.6) is 11.5 Å². The number of fused-ring (bicyclic) bond motifs is 1. The predicted octanol–water partition coefficient (Wildman–Crippen LogP) is 3.45. The number of ether oxygens (including phenoxy) is 3. The van der Waals surface area contributed by atoms with Gasteiger partial charge in [-0.1, -0.05) is 24.3 Å². The maximum Gasteiger partial charge on any atom is 0.331 e. The molecule has 0 bridgehead atoms. The molecule has 0 aliphatic heterocycles. The van der Waals surface area contributed by atoms with Gasteiger partial charge < -0.3 is 19.5 Å². The molecule has 0 saturated heterocycles. The van der Waals surface area contributed by atoms with Crippen LogP contribution in [-0.4, -0.2) is 37.7 Å². The van der Waals surface area contributed by atoms with Crippen LogP contribution in [0.3, 0.4) is 0 Å². The van der Waals surface area contributed by atoms with E-state index in [9.17, 15) is 9.59 Å². The summed E-state index contributed by atoms with van der Waals surface area (Å²) >= 11 is 0. The number of pyridine rings is 1. The Hall–Kier alpha value is -3.87. The first-order valence-corrected chi connectivity index (χ1v) is 8.80. The molecule has 1 aromatic heterocycles. The smallest absolute Gasteiger partial charge is 0.331 e. The molecule has 0 atom stereocenters. The Morgan fingerprint density at radius 3 is 2.48 bits per heavy atom. The van der Waals surface area contributed by atoms with Crippen LogP contribution in [0.2, 0.25) is 0 Å². The highest BCUT2D eigenvalue weighted by Gasteiger charge is 2.08. The summed E-state index contributed by atoms with van der Waals surface area (Å²) in [6.45, 7) is -0.420. The first-order valence-electron chi connectivity index (χ1n) is 8.80. The fraction of sp³-hybridized carbons (Fsp3) is 0.136. The minimum Gasteiger partial charge on any atom is -0.497 e. The third-order valence-corrected chi connectivity index (χ3v) is 4.04. The molecule has 0 spiro atoms. The minimum absolute atomic E-state index is 0.420. The third-order valence-electron chi connectivity index (χ3n) is 4.04. The van der Waals surface area contributed by atoms with Gasteiger partial charge in [-0.2, -0.15) is 0 Å². The van der Waals surface area contributed by atoms with Gasteiger partial charge in [-0.15, -0.1) is 0 Å². The summed E-state index contributed by atoms with van der Waals surface area (Å²) in [4.78, 5) is 28.3. The Morgan fingerprint density at radius 2 is 1.76 bits per heavy atom. The van der Waals surface area contributed by atoms with E-state index in [1.54, 1.807) is 30.5 Å². The zero-order valence-corrected chi connectivity index (χ0v) is 16.0. The number of para-hydroxylation sites is 1. The number of aromatic nitrogens is 1. The number of rotatable bonds is 7. The van der Waals surface area contributed by atoms with Crippen molar-refractivity contribution in [2.45, 2.75) is 0 Å². The van der Waals surface area contributed by atoms with Gasteiger partial charge in [0.15, 0.2) is 6.61 Å². The zero-order chi connectivity index (χ0) is 20.6. The van der Waals surface area contributed by atoms with Crippen molar-refractivity contribution in [3.05, 3.63) is 66.4 Å². The van der Waals surface area contributed by atoms with E-state index in [1.807, 2.05) is 30.3 Å². The average molecular weight is 392 g/mol. The number of amides is 1. The van der Waals surface area contributed by atoms with E-state index in [-0.39, 0.29) is 0 Å². The lowest BCUT2D eigenvalue weighted by molar-refractivity contribution is -0.142. The predicted molar refractivity (Wildman–Crippen MR) is 110 cm³/mol. The van der Waals surface area contributed by atoms with Crippen molar-refractivity contribution in [2.24, 2.45) is 0 Å². The van der Waals surface area contributed by atoms with Crippen molar-refractivity contribution in [3.8, 4) is 11.5 Å². The SMILES string of the molecule is COc1cc(NC(=O)COC(=O)/C=C/c2cccc3cccnc23)cc(OC)c1. The number of nitrogens with one attached hydrogen (secondary N) is 1. The fourth-order valence-corrected chi connectivity index (χ4v) is 2.68. The third kappa shape index (κ3) is 5.32. The van der Waals surface area contributed by atoms with Gasteiger partial charge in [-0.05, 0) is 12.1 Å². The molecular weight excluding hydrogens is 372 g/mol. The summed E-state index contributed by atoms with van der Waals surface area (Å²) in [6.07, 6.45) is 4.57. The van der Waals surface area contributed by atoms with Crippen molar-refractivity contribution >= 4 is 34.5 Å². The largest absolute Gasteiger partial charge is 0.497 e. The zero-order valence-electron chi connectivity index (χ0n) is 16.0. The summed E-state index contributed by atoms with van der Waals surface area (Å²) in [6, 6.07) is 14.4. The van der Waals surface area contributed by atoms with Gasteiger partial charge in [-0.3, -0.25) is 9.78 Å². The van der Waals surface area contributed by atoms with E-state index in [2.05, 4.69) is 10.3 Å². The maximum atomic E-state index is 12.1. The summed E-state index contributed by atoms with van der Waals surface area (Å²) in [5.41, 5.74) is 2.04. The molecule has 3 rings (SSSR count). The second kappa shape index (κ2) is 9.36. The number of carbonyl (C=O) groups excluding carboxylic acids is 2. The van der Waals surface area contributed by atoms with Crippen LogP contribution < -0.4 is 14.8 Å². The van der Waals surface area contributed by atoms with Crippen LogP contribution in [0.15, 0.2) is 60.8 Å². The molecule has 1 heterocycles. The molecule has 0 aliphatic rings. The van der Waals surface area contributed by atoms with Crippen LogP contribution in [0.1, 0.15) is 5.56 Å². The standard InChI is InChI=1S/C22H20N2O5/c1-27-18-11-17(12-19(13-18)28-2)24-20(25)14-29-21(26)9-8-16-6-3-5-15-7-4-10-23-22(15)16/h3-13H,14H2,1-2H3,(H,24,25)/b9-8+. The molecule has 7 heteroatoms. The summed E-state index contributed by atoms with van der Waals surface area (Å²) < 4.78 is 15.3. The Kier molecular flexibility index (Phi) is 6.42. The number of esters is 1. The van der Waals surface area contributed by atoms with E-state index < -0.39 is 18.5 Å². The normalized spacial score (nSPS) is 10.7. The molecule has 1 N–H and O–H groups in total. The van der Waals surface area contributed by atoms with Crippen molar-refractivity contribution < 1.29 is 23.8 Å². The summed E-state index contributed by atoms with van der Waals surface area (Å²) in [7, 11) is 3.03. The van der Waals surface area contributed by atoms with Crippen LogP contribution in [-0.2, 0) is 14.3 Å². The Balaban J connectivity index is 1.58. The van der Waals surface area contributed by atoms with Gasteiger partial charge in [0.2, 0.25) is 0 Å². The number of hydrogen-bond donors (Lipinski definition) is 1. The number of hydrogen-bond acceptors (Lipinski definition) is 6. The van der Waals surface area contributed by atoms with Crippen LogP contribution in [0.4, 0.5) is 5.69 Å². The van der Waals surface area contributed by atoms with E-state index in [0.717, 1.165) is 16.5 Å². The van der Waals surface area contributed by atoms with Gasteiger partial charge in [0.05, 0.1) is 19.7 Å². The fourth-order valence-electron chi connectivity index (χ4n) is 2.68. The van der Waals surface area contributed by atoms with Gasteiger partial charge in [0.25, 0.3) is 5.91 Å². The Bertz CT molecular complexity index is 1030. The number of benzene rings is 2. The number of nitrogens with zero attached hydrogens (tertiary/aromatic N) is 1. The number of methoxy groups -OCH3 is 2. The van der Waals surface area contributed by atoms with E-state index >= 15 is 0 Å². The lowest BCUT2D eigenvalue weighted by atomic mass is 10.1. The molecule has 2 aromatic carbocycles. The molecule has 0 radical (unpaired) electrons. The van der Waals surface area contributed by atoms with Crippen LogP contribution in [0, 0.1) is 0 Å². The van der Waals surface area contributed by atoms with Crippen molar-refractivity contribution in [3.63, 3.8) is 0 Å². The van der Waals surface area contributed by atoms with Crippen LogP contribution in [0.25, 0.3) is 17.0 Å². The molecule has 1 amide bonds. The quantitative estimate of drug-likeness (QED) is 0.490. The van der Waals surface area contributed by atoms with E-state index in [0.29, 0.717) is 17.2 Å². The molecule has 0 saturated carbocycles. The Labute approximate surface area is 167 Å². The minimum atomic E-state index is -0.628. The van der Waals surface area contributed by atoms with Crippen molar-refractivity contribution in [2.75, 3.05) is 26.1 Å².